The summed E-state index contributed by atoms with van der Waals surface area (Å²) in [5, 5.41) is 23.0. The van der Waals surface area contributed by atoms with Crippen LogP contribution < -0.4 is 10.2 Å². The third kappa shape index (κ3) is 4.28. The Balaban J connectivity index is 1.52. The number of fused-ring (bicyclic) bond motifs is 1. The van der Waals surface area contributed by atoms with Crippen LogP contribution in [0.1, 0.15) is 12.8 Å². The van der Waals surface area contributed by atoms with E-state index in [0.29, 0.717) is 54.4 Å². The molecule has 2 fully saturated rings. The van der Waals surface area contributed by atoms with Crippen molar-refractivity contribution in [3.05, 3.63) is 48.3 Å². The molecule has 0 radical (unpaired) electrons. The second-order valence-electron chi connectivity index (χ2n) is 8.64. The predicted octanol–water partition coefficient (Wildman–Crippen LogP) is 3.64. The molecular formula is C24H25FN4O4. The fraction of sp³-hybridized carbons (Fsp3) is 0.375. The first-order valence-electron chi connectivity index (χ1n) is 11.1. The molecule has 33 heavy (non-hydrogen) atoms. The molecule has 3 heterocycles. The van der Waals surface area contributed by atoms with Gasteiger partial charge in [-0.05, 0) is 49.1 Å². The second-order valence-corrected chi connectivity index (χ2v) is 8.64. The van der Waals surface area contributed by atoms with E-state index in [9.17, 15) is 19.4 Å². The van der Waals surface area contributed by atoms with Crippen molar-refractivity contribution in [1.29, 1.82) is 0 Å². The highest BCUT2D eigenvalue weighted by atomic mass is 19.1. The van der Waals surface area contributed by atoms with Crippen LogP contribution in [0.4, 0.5) is 15.0 Å². The average molecular weight is 452 g/mol. The molecule has 2 aromatic carbocycles. The maximum absolute atomic E-state index is 14.1. The van der Waals surface area contributed by atoms with Crippen LogP contribution in [0.15, 0.2) is 42.5 Å². The quantitative estimate of drug-likeness (QED) is 0.542. The zero-order chi connectivity index (χ0) is 22.9. The lowest BCUT2D eigenvalue weighted by Gasteiger charge is -2.28. The van der Waals surface area contributed by atoms with Crippen molar-refractivity contribution in [2.45, 2.75) is 18.9 Å². The first-order valence-corrected chi connectivity index (χ1v) is 11.1. The second kappa shape index (κ2) is 8.82. The molecule has 5 rings (SSSR count). The summed E-state index contributed by atoms with van der Waals surface area (Å²) in [5.41, 5.74) is 1.07. The van der Waals surface area contributed by atoms with Gasteiger partial charge in [0.05, 0.1) is 17.7 Å². The van der Waals surface area contributed by atoms with Crippen LogP contribution in [0.3, 0.4) is 0 Å². The summed E-state index contributed by atoms with van der Waals surface area (Å²) in [6.45, 7) is 2.41. The number of benzene rings is 2. The number of halogens is 1. The molecule has 0 spiro atoms. The lowest BCUT2D eigenvalue weighted by Crippen LogP contribution is -2.46. The number of hydrogen-bond acceptors (Lipinski definition) is 6. The highest BCUT2D eigenvalue weighted by Crippen LogP contribution is 2.36. The first-order chi connectivity index (χ1) is 16.0. The van der Waals surface area contributed by atoms with Crippen LogP contribution in [-0.2, 0) is 4.74 Å². The Hall–Kier alpha value is -3.46. The van der Waals surface area contributed by atoms with Gasteiger partial charge in [0, 0.05) is 37.0 Å². The fourth-order valence-corrected chi connectivity index (χ4v) is 4.98. The molecule has 2 saturated heterocycles. The van der Waals surface area contributed by atoms with Crippen LogP contribution in [0, 0.1) is 17.7 Å². The maximum atomic E-state index is 14.1. The standard InChI is InChI=1S/C24H25FN4O4/c25-16-5-6-19-18(11-16)23(28-22(26-19)17-3-1-2-4-20(17)30)29-9-7-14(12-29)21(27-24(31)32)15-8-10-33-13-15/h1-6,11,14-15,21,27,30H,7-10,12-13H2,(H,31,32)/t14-,15?,21+/m0/s1. The Morgan fingerprint density at radius 3 is 2.79 bits per heavy atom. The van der Waals surface area contributed by atoms with E-state index >= 15 is 0 Å². The van der Waals surface area contributed by atoms with E-state index in [4.69, 9.17) is 9.72 Å². The van der Waals surface area contributed by atoms with Crippen molar-refractivity contribution in [2.24, 2.45) is 11.8 Å². The van der Waals surface area contributed by atoms with E-state index in [0.717, 1.165) is 12.8 Å². The number of carbonyl (C=O) groups is 1. The summed E-state index contributed by atoms with van der Waals surface area (Å²) in [6, 6.07) is 11.0. The Morgan fingerprint density at radius 2 is 2.03 bits per heavy atom. The zero-order valence-electron chi connectivity index (χ0n) is 17.9. The summed E-state index contributed by atoms with van der Waals surface area (Å²) < 4.78 is 19.6. The van der Waals surface area contributed by atoms with E-state index in [2.05, 4.69) is 15.2 Å². The van der Waals surface area contributed by atoms with Gasteiger partial charge in [-0.1, -0.05) is 12.1 Å². The van der Waals surface area contributed by atoms with Crippen molar-refractivity contribution >= 4 is 22.8 Å². The van der Waals surface area contributed by atoms with Crippen LogP contribution in [0.25, 0.3) is 22.3 Å². The monoisotopic (exact) mass is 452 g/mol. The van der Waals surface area contributed by atoms with Gasteiger partial charge in [0.25, 0.3) is 0 Å². The number of phenolic OH excluding ortho intramolecular Hbond substituents is 1. The third-order valence-corrected chi connectivity index (χ3v) is 6.58. The summed E-state index contributed by atoms with van der Waals surface area (Å²) >= 11 is 0. The minimum atomic E-state index is -1.04. The van der Waals surface area contributed by atoms with Gasteiger partial charge in [-0.15, -0.1) is 0 Å². The molecule has 0 saturated carbocycles. The Bertz CT molecular complexity index is 1180. The van der Waals surface area contributed by atoms with Crippen LogP contribution in [0.2, 0.25) is 0 Å². The number of para-hydroxylation sites is 1. The third-order valence-electron chi connectivity index (χ3n) is 6.58. The largest absolute Gasteiger partial charge is 0.507 e. The molecule has 2 aliphatic heterocycles. The maximum Gasteiger partial charge on any atom is 0.404 e. The minimum absolute atomic E-state index is 0.0659. The lowest BCUT2D eigenvalue weighted by molar-refractivity contribution is 0.154. The summed E-state index contributed by atoms with van der Waals surface area (Å²) in [7, 11) is 0. The molecule has 3 atom stereocenters. The summed E-state index contributed by atoms with van der Waals surface area (Å²) in [6.07, 6.45) is 0.552. The fourth-order valence-electron chi connectivity index (χ4n) is 4.98. The highest BCUT2D eigenvalue weighted by molar-refractivity contribution is 5.91. The lowest BCUT2D eigenvalue weighted by atomic mass is 9.87. The number of phenols is 1. The molecule has 2 aliphatic rings. The van der Waals surface area contributed by atoms with Gasteiger partial charge in [0.15, 0.2) is 5.82 Å². The minimum Gasteiger partial charge on any atom is -0.507 e. The van der Waals surface area contributed by atoms with Gasteiger partial charge in [-0.3, -0.25) is 0 Å². The average Bonchev–Trinajstić information content (AvgIpc) is 3.50. The number of rotatable bonds is 5. The molecular weight excluding hydrogens is 427 g/mol. The molecule has 0 aliphatic carbocycles. The molecule has 1 aromatic heterocycles. The van der Waals surface area contributed by atoms with Gasteiger partial charge in [0.1, 0.15) is 17.4 Å². The van der Waals surface area contributed by atoms with E-state index < -0.39 is 6.09 Å². The smallest absolute Gasteiger partial charge is 0.404 e. The van der Waals surface area contributed by atoms with Gasteiger partial charge >= 0.3 is 6.09 Å². The van der Waals surface area contributed by atoms with E-state index in [1.165, 1.54) is 12.1 Å². The molecule has 1 amide bonds. The van der Waals surface area contributed by atoms with Gasteiger partial charge < -0.3 is 25.2 Å². The normalized spacial score (nSPS) is 21.4. The van der Waals surface area contributed by atoms with Crippen LogP contribution in [-0.4, -0.2) is 58.6 Å². The number of nitrogens with zero attached hydrogens (tertiary/aromatic N) is 3. The molecule has 3 N–H and O–H groups in total. The van der Waals surface area contributed by atoms with E-state index in [1.54, 1.807) is 30.3 Å². The summed E-state index contributed by atoms with van der Waals surface area (Å²) in [4.78, 5) is 22.8. The van der Waals surface area contributed by atoms with Gasteiger partial charge in [-0.25, -0.2) is 19.2 Å². The van der Waals surface area contributed by atoms with Crippen molar-refractivity contribution in [3.63, 3.8) is 0 Å². The number of aromatic hydroxyl groups is 1. The topological polar surface area (TPSA) is 108 Å². The molecule has 8 nitrogen and oxygen atoms in total. The van der Waals surface area contributed by atoms with Crippen molar-refractivity contribution in [1.82, 2.24) is 15.3 Å². The predicted molar refractivity (Wildman–Crippen MR) is 121 cm³/mol. The molecule has 0 bridgehead atoms. The van der Waals surface area contributed by atoms with Crippen molar-refractivity contribution < 1.29 is 24.1 Å². The van der Waals surface area contributed by atoms with Crippen molar-refractivity contribution in [3.8, 4) is 17.1 Å². The number of ether oxygens (including phenoxy) is 1. The van der Waals surface area contributed by atoms with Crippen LogP contribution in [0.5, 0.6) is 5.75 Å². The molecule has 9 heteroatoms. The number of hydrogen-bond donors (Lipinski definition) is 3. The molecule has 172 valence electrons. The number of nitrogens with one attached hydrogen (secondary N) is 1. The number of carboxylic acid groups (broad SMARTS) is 1. The van der Waals surface area contributed by atoms with E-state index in [-0.39, 0.29) is 29.4 Å². The Morgan fingerprint density at radius 1 is 1.18 bits per heavy atom. The van der Waals surface area contributed by atoms with Gasteiger partial charge in [-0.2, -0.15) is 0 Å². The van der Waals surface area contributed by atoms with Crippen LogP contribution >= 0.6 is 0 Å². The molecule has 1 unspecified atom stereocenters. The molecule has 3 aromatic rings. The zero-order valence-corrected chi connectivity index (χ0v) is 17.9. The number of amides is 1. The highest BCUT2D eigenvalue weighted by Gasteiger charge is 2.38. The Kier molecular flexibility index (Phi) is 5.72. The van der Waals surface area contributed by atoms with Crippen molar-refractivity contribution in [2.75, 3.05) is 31.2 Å². The van der Waals surface area contributed by atoms with Gasteiger partial charge in [0.2, 0.25) is 0 Å². The Labute approximate surface area is 190 Å². The number of anilines is 1. The first kappa shape index (κ1) is 21.4. The SMILES string of the molecule is O=C(O)N[C@@H](C1CCOC1)[C@H]1CCN(c2nc(-c3ccccc3O)nc3ccc(F)cc23)C1. The number of aromatic nitrogens is 2. The van der Waals surface area contributed by atoms with E-state index in [1.807, 2.05) is 0 Å². The summed E-state index contributed by atoms with van der Waals surface area (Å²) in [5.74, 6) is 0.817.